The van der Waals surface area contributed by atoms with Crippen LogP contribution in [0.3, 0.4) is 0 Å². The molecule has 3 heterocycles. The van der Waals surface area contributed by atoms with E-state index in [9.17, 15) is 0 Å². The van der Waals surface area contributed by atoms with Gasteiger partial charge in [0.1, 0.15) is 13.2 Å². The predicted octanol–water partition coefficient (Wildman–Crippen LogP) is 3.63. The SMILES string of the molecule is CC(C)[C@H]1COC(C2(C3=N[C@@H](C(C)C)CO3)COC(c3ccccc3)OC2)=N1. The molecule has 2 atom stereocenters. The topological polar surface area (TPSA) is 61.6 Å². The Morgan fingerprint density at radius 1 is 0.821 bits per heavy atom. The van der Waals surface area contributed by atoms with Gasteiger partial charge in [0.15, 0.2) is 11.7 Å². The van der Waals surface area contributed by atoms with E-state index in [0.717, 1.165) is 5.56 Å². The Balaban J connectivity index is 1.61. The number of ether oxygens (including phenoxy) is 4. The van der Waals surface area contributed by atoms with E-state index in [1.54, 1.807) is 0 Å². The highest BCUT2D eigenvalue weighted by Crippen LogP contribution is 2.39. The number of nitrogens with zero attached hydrogens (tertiary/aromatic N) is 2. The zero-order valence-corrected chi connectivity index (χ0v) is 17.1. The van der Waals surface area contributed by atoms with Crippen molar-refractivity contribution < 1.29 is 18.9 Å². The molecular formula is C22H30N2O4. The summed E-state index contributed by atoms with van der Waals surface area (Å²) in [6.07, 6.45) is -0.403. The minimum atomic E-state index is -0.710. The van der Waals surface area contributed by atoms with Crippen LogP contribution in [-0.4, -0.2) is 50.3 Å². The summed E-state index contributed by atoms with van der Waals surface area (Å²) in [6, 6.07) is 10.3. The Morgan fingerprint density at radius 3 is 1.75 bits per heavy atom. The van der Waals surface area contributed by atoms with Crippen molar-refractivity contribution in [3.63, 3.8) is 0 Å². The first-order valence-corrected chi connectivity index (χ1v) is 10.2. The van der Waals surface area contributed by atoms with Crippen LogP contribution >= 0.6 is 0 Å². The molecule has 6 heteroatoms. The van der Waals surface area contributed by atoms with E-state index in [2.05, 4.69) is 27.7 Å². The van der Waals surface area contributed by atoms with Crippen LogP contribution in [-0.2, 0) is 18.9 Å². The zero-order valence-electron chi connectivity index (χ0n) is 17.1. The van der Waals surface area contributed by atoms with Gasteiger partial charge < -0.3 is 18.9 Å². The van der Waals surface area contributed by atoms with Crippen LogP contribution in [0, 0.1) is 17.3 Å². The largest absolute Gasteiger partial charge is 0.478 e. The normalized spacial score (nSPS) is 27.5. The van der Waals surface area contributed by atoms with Crippen molar-refractivity contribution in [2.75, 3.05) is 26.4 Å². The van der Waals surface area contributed by atoms with Crippen molar-refractivity contribution in [2.45, 2.75) is 46.1 Å². The fourth-order valence-corrected chi connectivity index (χ4v) is 3.65. The molecule has 4 rings (SSSR count). The fraction of sp³-hybridized carbons (Fsp3) is 0.636. The molecule has 1 aromatic carbocycles. The molecule has 0 saturated carbocycles. The second-order valence-electron chi connectivity index (χ2n) is 8.56. The van der Waals surface area contributed by atoms with Gasteiger partial charge in [-0.3, -0.25) is 0 Å². The first-order valence-electron chi connectivity index (χ1n) is 10.2. The summed E-state index contributed by atoms with van der Waals surface area (Å²) in [4.78, 5) is 9.74. The molecule has 3 aliphatic heterocycles. The molecule has 0 radical (unpaired) electrons. The third-order valence-electron chi connectivity index (χ3n) is 5.74. The summed E-state index contributed by atoms with van der Waals surface area (Å²) < 4.78 is 24.4. The van der Waals surface area contributed by atoms with Gasteiger partial charge in [-0.2, -0.15) is 0 Å². The lowest BCUT2D eigenvalue weighted by molar-refractivity contribution is -0.209. The molecule has 0 aromatic heterocycles. The molecule has 0 spiro atoms. The molecule has 1 aromatic rings. The molecule has 0 amide bonds. The Morgan fingerprint density at radius 2 is 1.32 bits per heavy atom. The third kappa shape index (κ3) is 3.55. The third-order valence-corrected chi connectivity index (χ3v) is 5.74. The van der Waals surface area contributed by atoms with E-state index in [1.165, 1.54) is 0 Å². The van der Waals surface area contributed by atoms with E-state index >= 15 is 0 Å². The van der Waals surface area contributed by atoms with E-state index < -0.39 is 11.7 Å². The van der Waals surface area contributed by atoms with Crippen LogP contribution in [0.1, 0.15) is 39.5 Å². The van der Waals surface area contributed by atoms with Gasteiger partial charge in [-0.05, 0) is 11.8 Å². The standard InChI is InChI=1S/C22H30N2O4/c1-14(2)17-10-25-20(23-17)22(21-24-18(11-26-21)15(3)4)12-27-19(28-13-22)16-8-6-5-7-9-16/h5-9,14-15,17-19H,10-13H2,1-4H3/t17-,18-/m1/s1. The maximum absolute atomic E-state index is 6.15. The van der Waals surface area contributed by atoms with Crippen molar-refractivity contribution in [3.05, 3.63) is 35.9 Å². The van der Waals surface area contributed by atoms with Crippen molar-refractivity contribution in [1.29, 1.82) is 0 Å². The van der Waals surface area contributed by atoms with Gasteiger partial charge in [0.25, 0.3) is 0 Å². The van der Waals surface area contributed by atoms with Crippen LogP contribution in [0.15, 0.2) is 40.3 Å². The average Bonchev–Trinajstić information content (AvgIpc) is 3.39. The van der Waals surface area contributed by atoms with Gasteiger partial charge in [-0.25, -0.2) is 9.98 Å². The number of aliphatic imine (C=N–C) groups is 2. The summed E-state index contributed by atoms with van der Waals surface area (Å²) in [6.45, 7) is 10.5. The summed E-state index contributed by atoms with van der Waals surface area (Å²) in [5.41, 5.74) is 0.290. The predicted molar refractivity (Wildman–Crippen MR) is 108 cm³/mol. The van der Waals surface area contributed by atoms with Gasteiger partial charge >= 0.3 is 0 Å². The second-order valence-corrected chi connectivity index (χ2v) is 8.56. The molecule has 0 aliphatic carbocycles. The monoisotopic (exact) mass is 386 g/mol. The summed E-state index contributed by atoms with van der Waals surface area (Å²) >= 11 is 0. The zero-order chi connectivity index (χ0) is 19.7. The quantitative estimate of drug-likeness (QED) is 0.775. The molecule has 3 aliphatic rings. The van der Waals surface area contributed by atoms with Gasteiger partial charge in [0.05, 0.1) is 25.3 Å². The second kappa shape index (κ2) is 7.84. The summed E-state index contributed by atoms with van der Waals surface area (Å²) in [5.74, 6) is 2.10. The highest BCUT2D eigenvalue weighted by atomic mass is 16.7. The van der Waals surface area contributed by atoms with Gasteiger partial charge in [0.2, 0.25) is 11.8 Å². The van der Waals surface area contributed by atoms with E-state index in [-0.39, 0.29) is 12.1 Å². The summed E-state index contributed by atoms with van der Waals surface area (Å²) in [7, 11) is 0. The maximum Gasteiger partial charge on any atom is 0.204 e. The summed E-state index contributed by atoms with van der Waals surface area (Å²) in [5, 5.41) is 0. The van der Waals surface area contributed by atoms with Gasteiger partial charge in [0, 0.05) is 5.56 Å². The Kier molecular flexibility index (Phi) is 5.43. The lowest BCUT2D eigenvalue weighted by atomic mass is 9.88. The van der Waals surface area contributed by atoms with Crippen LogP contribution < -0.4 is 0 Å². The van der Waals surface area contributed by atoms with Crippen molar-refractivity contribution in [2.24, 2.45) is 27.2 Å². The fourth-order valence-electron chi connectivity index (χ4n) is 3.65. The van der Waals surface area contributed by atoms with Crippen LogP contribution in [0.5, 0.6) is 0 Å². The highest BCUT2D eigenvalue weighted by Gasteiger charge is 2.53. The first kappa shape index (κ1) is 19.4. The van der Waals surface area contributed by atoms with Gasteiger partial charge in [-0.15, -0.1) is 0 Å². The molecule has 1 saturated heterocycles. The average molecular weight is 386 g/mol. The van der Waals surface area contributed by atoms with Crippen molar-refractivity contribution >= 4 is 11.8 Å². The minimum absolute atomic E-state index is 0.140. The lowest BCUT2D eigenvalue weighted by Gasteiger charge is -2.38. The Labute approximate surface area is 166 Å². The van der Waals surface area contributed by atoms with Crippen molar-refractivity contribution in [3.8, 4) is 0 Å². The number of hydrogen-bond acceptors (Lipinski definition) is 6. The van der Waals surface area contributed by atoms with E-state index in [1.807, 2.05) is 30.3 Å². The number of benzene rings is 1. The highest BCUT2D eigenvalue weighted by molar-refractivity contribution is 6.06. The molecule has 28 heavy (non-hydrogen) atoms. The van der Waals surface area contributed by atoms with Crippen LogP contribution in [0.2, 0.25) is 0 Å². The number of hydrogen-bond donors (Lipinski definition) is 0. The molecule has 0 N–H and O–H groups in total. The Bertz CT molecular complexity index is 700. The minimum Gasteiger partial charge on any atom is -0.478 e. The molecule has 1 fully saturated rings. The maximum atomic E-state index is 6.15. The van der Waals surface area contributed by atoms with E-state index in [4.69, 9.17) is 28.9 Å². The van der Waals surface area contributed by atoms with Gasteiger partial charge in [-0.1, -0.05) is 58.0 Å². The first-order chi connectivity index (χ1) is 13.5. The van der Waals surface area contributed by atoms with Crippen LogP contribution in [0.25, 0.3) is 0 Å². The number of rotatable bonds is 5. The van der Waals surface area contributed by atoms with Crippen LogP contribution in [0.4, 0.5) is 0 Å². The molecule has 0 unspecified atom stereocenters. The smallest absolute Gasteiger partial charge is 0.204 e. The van der Waals surface area contributed by atoms with E-state index in [0.29, 0.717) is 50.1 Å². The van der Waals surface area contributed by atoms with Crippen molar-refractivity contribution in [1.82, 2.24) is 0 Å². The molecule has 152 valence electrons. The molecule has 0 bridgehead atoms. The Hall–Kier alpha value is -1.92. The molecule has 6 nitrogen and oxygen atoms in total. The molecular weight excluding hydrogens is 356 g/mol. The lowest BCUT2D eigenvalue weighted by Crippen LogP contribution is -2.51.